The van der Waals surface area contributed by atoms with Gasteiger partial charge in [0.2, 0.25) is 0 Å². The number of phenols is 1. The van der Waals surface area contributed by atoms with Gasteiger partial charge in [0.25, 0.3) is 0 Å². The van der Waals surface area contributed by atoms with Gasteiger partial charge >= 0.3 is 57.6 Å². The summed E-state index contributed by atoms with van der Waals surface area (Å²) in [6.07, 6.45) is 0. The molecule has 12 heavy (non-hydrogen) atoms. The van der Waals surface area contributed by atoms with Crippen LogP contribution in [-0.4, -0.2) is 11.1 Å². The van der Waals surface area contributed by atoms with Crippen LogP contribution < -0.4 is 9.26 Å². The number of hydrogen-bond donors (Lipinski definition) is 1. The van der Waals surface area contributed by atoms with Crippen molar-refractivity contribution in [2.45, 2.75) is 6.92 Å². The molecule has 1 aromatic carbocycles. The van der Waals surface area contributed by atoms with Crippen LogP contribution in [0.4, 0.5) is 0 Å². The fraction of sp³-hybridized carbons (Fsp3) is 0.125. The van der Waals surface area contributed by atoms with Crippen molar-refractivity contribution in [3.8, 4) is 5.75 Å². The number of carbonyl (C=O) groups is 1. The Labute approximate surface area is 80.7 Å². The fourth-order valence-electron chi connectivity index (χ4n) is 0.511. The van der Waals surface area contributed by atoms with Gasteiger partial charge in [-0.15, -0.1) is 0 Å². The van der Waals surface area contributed by atoms with Gasteiger partial charge < -0.3 is 9.90 Å². The molecule has 1 N–H and O–H groups in total. The van der Waals surface area contributed by atoms with E-state index >= 15 is 0 Å². The van der Waals surface area contributed by atoms with Crippen LogP contribution in [0.1, 0.15) is 6.92 Å². The third-order valence-electron chi connectivity index (χ3n) is 0.992. The molecule has 0 aromatic heterocycles. The van der Waals surface area contributed by atoms with Gasteiger partial charge in [-0.2, -0.15) is 0 Å². The predicted molar refractivity (Wildman–Crippen MR) is 38.4 cm³/mol. The molecule has 0 atom stereocenters. The summed E-state index contributed by atoms with van der Waals surface area (Å²) in [5.41, 5.74) is 0. The summed E-state index contributed by atoms with van der Waals surface area (Å²) >= 11 is 1.02. The van der Waals surface area contributed by atoms with Gasteiger partial charge in [0.15, 0.2) is 0 Å². The molecule has 0 aliphatic rings. The fourth-order valence-corrected chi connectivity index (χ4v) is 1.04. The number of aromatic hydroxyl groups is 1. The van der Waals surface area contributed by atoms with Crippen LogP contribution in [-0.2, 0) is 23.1 Å². The van der Waals surface area contributed by atoms with Crippen molar-refractivity contribution in [2.75, 3.05) is 0 Å². The summed E-state index contributed by atoms with van der Waals surface area (Å²) in [7, 11) is 0. The molecule has 3 nitrogen and oxygen atoms in total. The van der Waals surface area contributed by atoms with Crippen LogP contribution in [0.25, 0.3) is 0 Å². The molecule has 0 saturated carbocycles. The number of para-hydroxylation sites is 1. The van der Waals surface area contributed by atoms with Crippen LogP contribution in [0, 0.1) is 0 Å². The molecule has 0 spiro atoms. The minimum atomic E-state index is -1.08. The average molecular weight is 218 g/mol. The molecule has 0 amide bonds. The second-order valence-electron chi connectivity index (χ2n) is 2.12. The number of carbonyl (C=O) groups excluding carboxylic acids is 1. The van der Waals surface area contributed by atoms with Crippen molar-refractivity contribution in [1.82, 2.24) is 0 Å². The molecule has 60 valence electrons. The van der Waals surface area contributed by atoms with Gasteiger partial charge in [-0.25, -0.2) is 0 Å². The topological polar surface area (TPSA) is 60.4 Å². The van der Waals surface area contributed by atoms with Crippen molar-refractivity contribution in [1.29, 1.82) is 0 Å². The van der Waals surface area contributed by atoms with E-state index in [2.05, 4.69) is 0 Å². The van der Waals surface area contributed by atoms with Gasteiger partial charge in [0, 0.05) is 5.97 Å². The van der Waals surface area contributed by atoms with Crippen LogP contribution in [0.3, 0.4) is 0 Å². The maximum absolute atomic E-state index is 8.95. The molecular weight excluding hydrogens is 209 g/mol. The molecule has 1 aromatic rings. The minimum absolute atomic E-state index is 0.424. The summed E-state index contributed by atoms with van der Waals surface area (Å²) < 4.78 is 1.05. The van der Waals surface area contributed by atoms with E-state index in [4.69, 9.17) is 15.0 Å². The second-order valence-corrected chi connectivity index (χ2v) is 3.72. The monoisotopic (exact) mass is 216 g/mol. The van der Waals surface area contributed by atoms with E-state index in [9.17, 15) is 0 Å². The zero-order valence-corrected chi connectivity index (χ0v) is 9.75. The van der Waals surface area contributed by atoms with Gasteiger partial charge in [0.1, 0.15) is 0 Å². The van der Waals surface area contributed by atoms with Crippen molar-refractivity contribution < 1.29 is 33.3 Å². The van der Waals surface area contributed by atoms with E-state index in [1.807, 2.05) is 18.2 Å². The molecule has 1 rings (SSSR count). The van der Waals surface area contributed by atoms with Crippen molar-refractivity contribution in [3.05, 3.63) is 24.3 Å². The van der Waals surface area contributed by atoms with Gasteiger partial charge in [-0.3, -0.25) is 0 Å². The molecule has 0 bridgehead atoms. The van der Waals surface area contributed by atoms with E-state index < -0.39 is 5.97 Å². The Morgan fingerprint density at radius 3 is 2.17 bits per heavy atom. The Morgan fingerprint density at radius 2 is 1.92 bits per heavy atom. The molecule has 4 heteroatoms. The standard InChI is InChI=1S/C6H5O.C2H4O2.Zn/c7-6-4-2-1-3-5-6;1-2(3)4;/h1-4,7H;1H3,(H,3,4);/q;;+1/p-1. The summed E-state index contributed by atoms with van der Waals surface area (Å²) in [4.78, 5) is 8.89. The zero-order chi connectivity index (χ0) is 9.56. The number of carboxylic acids is 1. The van der Waals surface area contributed by atoms with Gasteiger partial charge in [-0.05, 0) is 6.92 Å². The molecule has 0 radical (unpaired) electrons. The van der Waals surface area contributed by atoms with Crippen molar-refractivity contribution >= 4 is 10.1 Å². The molecule has 0 aliphatic carbocycles. The van der Waals surface area contributed by atoms with E-state index in [0.29, 0.717) is 5.75 Å². The number of phenolic OH excluding ortho intramolecular Hbond substituents is 1. The number of carboxylic acid groups (broad SMARTS) is 1. The summed E-state index contributed by atoms with van der Waals surface area (Å²) in [5, 5.41) is 17.8. The van der Waals surface area contributed by atoms with Crippen molar-refractivity contribution in [2.24, 2.45) is 0 Å². The normalized spacial score (nSPS) is 8.25. The summed E-state index contributed by atoms with van der Waals surface area (Å²) in [5.74, 6) is -0.660. The summed E-state index contributed by atoms with van der Waals surface area (Å²) in [6, 6.07) is 7.39. The molecule has 0 aliphatic heterocycles. The SMILES string of the molecule is CC(=O)[O-].Oc1cccc[c]1[Zn+]. The third kappa shape index (κ3) is 5.87. The first-order valence-electron chi connectivity index (χ1n) is 3.31. The Kier molecular flexibility index (Phi) is 5.30. The Morgan fingerprint density at radius 1 is 1.50 bits per heavy atom. The first-order chi connectivity index (χ1) is 5.54. The zero-order valence-electron chi connectivity index (χ0n) is 6.78. The first kappa shape index (κ1) is 11.1. The second kappa shape index (κ2) is 5.72. The Hall–Kier alpha value is -0.887. The molecule has 0 heterocycles. The molecule has 0 saturated heterocycles. The van der Waals surface area contributed by atoms with Gasteiger partial charge in [-0.1, -0.05) is 0 Å². The maximum atomic E-state index is 8.95. The van der Waals surface area contributed by atoms with E-state index in [1.165, 1.54) is 0 Å². The van der Waals surface area contributed by atoms with Crippen LogP contribution in [0.5, 0.6) is 5.75 Å². The number of aliphatic carboxylic acids is 1. The average Bonchev–Trinajstić information content (AvgIpc) is 1.94. The number of rotatable bonds is 0. The van der Waals surface area contributed by atoms with Crippen LogP contribution in [0.15, 0.2) is 24.3 Å². The predicted octanol–water partition coefficient (Wildman–Crippen LogP) is -0.680. The van der Waals surface area contributed by atoms with Gasteiger partial charge in [0.05, 0.1) is 0 Å². The molecule has 0 unspecified atom stereocenters. The first-order valence-corrected chi connectivity index (χ1v) is 4.80. The van der Waals surface area contributed by atoms with E-state index in [0.717, 1.165) is 29.4 Å². The van der Waals surface area contributed by atoms with Crippen molar-refractivity contribution in [3.63, 3.8) is 0 Å². The van der Waals surface area contributed by atoms with E-state index in [1.54, 1.807) is 6.07 Å². The van der Waals surface area contributed by atoms with Crippen LogP contribution >= 0.6 is 0 Å². The Bertz CT molecular complexity index is 235. The molecule has 0 fully saturated rings. The Balaban J connectivity index is 0.000000261. The molecular formula is C8H8O3Zn. The summed E-state index contributed by atoms with van der Waals surface area (Å²) in [6.45, 7) is 0.972. The number of hydrogen-bond acceptors (Lipinski definition) is 3. The third-order valence-corrected chi connectivity index (χ3v) is 2.25. The van der Waals surface area contributed by atoms with E-state index in [-0.39, 0.29) is 0 Å². The quantitative estimate of drug-likeness (QED) is 0.586. The number of benzene rings is 1. The van der Waals surface area contributed by atoms with Crippen LogP contribution in [0.2, 0.25) is 0 Å².